The second-order valence-electron chi connectivity index (χ2n) is 4.67. The first-order valence-electron chi connectivity index (χ1n) is 6.63. The van der Waals surface area contributed by atoms with Crippen LogP contribution in [0.5, 0.6) is 0 Å². The number of aromatic carboxylic acids is 1. The van der Waals surface area contributed by atoms with Gasteiger partial charge in [-0.25, -0.2) is 4.79 Å². The number of hydrogen-bond donors (Lipinski definition) is 2. The molecule has 7 nitrogen and oxygen atoms in total. The van der Waals surface area contributed by atoms with Crippen LogP contribution in [0.1, 0.15) is 15.9 Å². The third-order valence-electron chi connectivity index (χ3n) is 2.98. The van der Waals surface area contributed by atoms with E-state index in [4.69, 9.17) is 5.11 Å². The van der Waals surface area contributed by atoms with Crippen LogP contribution in [0.3, 0.4) is 0 Å². The van der Waals surface area contributed by atoms with Gasteiger partial charge in [-0.3, -0.25) is 14.9 Å². The number of anilines is 1. The largest absolute Gasteiger partial charge is 0.478 e. The van der Waals surface area contributed by atoms with E-state index in [1.54, 1.807) is 12.1 Å². The highest BCUT2D eigenvalue weighted by Gasteiger charge is 2.12. The van der Waals surface area contributed by atoms with Gasteiger partial charge in [-0.15, -0.1) is 0 Å². The van der Waals surface area contributed by atoms with E-state index in [-0.39, 0.29) is 16.9 Å². The molecule has 0 bridgehead atoms. The molecule has 0 aromatic heterocycles. The van der Waals surface area contributed by atoms with Crippen molar-refractivity contribution in [2.24, 2.45) is 0 Å². The number of non-ortho nitro benzene ring substituents is 1. The molecular weight excluding hydrogens is 380 g/mol. The molecule has 0 heterocycles. The summed E-state index contributed by atoms with van der Waals surface area (Å²) in [4.78, 5) is 33.3. The first-order valence-corrected chi connectivity index (χ1v) is 7.42. The molecule has 8 heteroatoms. The average molecular weight is 391 g/mol. The maximum Gasteiger partial charge on any atom is 0.337 e. The molecule has 0 atom stereocenters. The number of carboxylic acid groups (broad SMARTS) is 1. The fraction of sp³-hybridized carbons (Fsp3) is 0. The second kappa shape index (κ2) is 7.51. The predicted octanol–water partition coefficient (Wildman–Crippen LogP) is 3.71. The van der Waals surface area contributed by atoms with Crippen LogP contribution in [0.25, 0.3) is 6.08 Å². The van der Waals surface area contributed by atoms with Gasteiger partial charge in [0, 0.05) is 22.7 Å². The first kappa shape index (κ1) is 17.4. The van der Waals surface area contributed by atoms with Crippen molar-refractivity contribution in [3.8, 4) is 0 Å². The van der Waals surface area contributed by atoms with Crippen molar-refractivity contribution in [3.63, 3.8) is 0 Å². The number of nitrogens with one attached hydrogen (secondary N) is 1. The summed E-state index contributed by atoms with van der Waals surface area (Å²) in [6.07, 6.45) is 2.58. The summed E-state index contributed by atoms with van der Waals surface area (Å²) >= 11 is 3.17. The highest BCUT2D eigenvalue weighted by Crippen LogP contribution is 2.21. The van der Waals surface area contributed by atoms with Crippen LogP contribution >= 0.6 is 15.9 Å². The molecule has 0 unspecified atom stereocenters. The summed E-state index contributed by atoms with van der Waals surface area (Å²) in [5.41, 5.74) is 0.494. The van der Waals surface area contributed by atoms with Crippen LogP contribution in [0.15, 0.2) is 53.0 Å². The van der Waals surface area contributed by atoms with Gasteiger partial charge in [-0.2, -0.15) is 0 Å². The Morgan fingerprint density at radius 1 is 1.21 bits per heavy atom. The molecule has 122 valence electrons. The van der Waals surface area contributed by atoms with Crippen molar-refractivity contribution in [3.05, 3.63) is 74.3 Å². The van der Waals surface area contributed by atoms with Gasteiger partial charge in [0.2, 0.25) is 5.91 Å². The molecule has 0 aliphatic heterocycles. The molecule has 24 heavy (non-hydrogen) atoms. The van der Waals surface area contributed by atoms with E-state index in [2.05, 4.69) is 21.2 Å². The zero-order valence-corrected chi connectivity index (χ0v) is 13.7. The molecule has 0 aliphatic rings. The van der Waals surface area contributed by atoms with Crippen molar-refractivity contribution in [2.75, 3.05) is 5.32 Å². The fourth-order valence-electron chi connectivity index (χ4n) is 1.89. The minimum absolute atomic E-state index is 0.0542. The van der Waals surface area contributed by atoms with E-state index in [1.807, 2.05) is 0 Å². The summed E-state index contributed by atoms with van der Waals surface area (Å²) in [7, 11) is 0. The molecule has 2 N–H and O–H groups in total. The van der Waals surface area contributed by atoms with Gasteiger partial charge in [0.05, 0.1) is 16.2 Å². The van der Waals surface area contributed by atoms with E-state index in [9.17, 15) is 19.7 Å². The minimum Gasteiger partial charge on any atom is -0.478 e. The predicted molar refractivity (Wildman–Crippen MR) is 91.9 cm³/mol. The summed E-state index contributed by atoms with van der Waals surface area (Å²) < 4.78 is 0.574. The number of carboxylic acids is 1. The number of benzene rings is 2. The van der Waals surface area contributed by atoms with Crippen LogP contribution in [-0.4, -0.2) is 21.9 Å². The van der Waals surface area contributed by atoms with Crippen LogP contribution in [-0.2, 0) is 4.79 Å². The zero-order chi connectivity index (χ0) is 17.7. The van der Waals surface area contributed by atoms with E-state index >= 15 is 0 Å². The Labute approximate surface area is 144 Å². The van der Waals surface area contributed by atoms with Crippen molar-refractivity contribution in [2.45, 2.75) is 0 Å². The monoisotopic (exact) mass is 390 g/mol. The zero-order valence-electron chi connectivity index (χ0n) is 12.1. The van der Waals surface area contributed by atoms with Gasteiger partial charge in [-0.05, 0) is 29.8 Å². The quantitative estimate of drug-likeness (QED) is 0.459. The number of halogens is 1. The van der Waals surface area contributed by atoms with Crippen molar-refractivity contribution in [1.82, 2.24) is 0 Å². The number of hydrogen-bond acceptors (Lipinski definition) is 4. The molecule has 0 aliphatic carbocycles. The standard InChI is InChI=1S/C16H11BrN2O5/c17-11-5-6-14(13(9-11)16(21)22)18-15(20)7-4-10-2-1-3-12(8-10)19(23)24/h1-9H,(H,18,20)(H,21,22)/b7-4+. The van der Waals surface area contributed by atoms with Gasteiger partial charge in [0.1, 0.15) is 0 Å². The fourth-order valence-corrected chi connectivity index (χ4v) is 2.25. The molecule has 2 aromatic carbocycles. The number of rotatable bonds is 5. The summed E-state index contributed by atoms with van der Waals surface area (Å²) in [5.74, 6) is -1.72. The van der Waals surface area contributed by atoms with E-state index < -0.39 is 16.8 Å². The molecule has 1 amide bonds. The normalized spacial score (nSPS) is 10.5. The number of nitro groups is 1. The molecule has 0 spiro atoms. The number of carbonyl (C=O) groups excluding carboxylic acids is 1. The SMILES string of the molecule is O=C(/C=C/c1cccc([N+](=O)[O-])c1)Nc1ccc(Br)cc1C(=O)O. The molecular formula is C16H11BrN2O5. The minimum atomic E-state index is -1.17. The van der Waals surface area contributed by atoms with Gasteiger partial charge in [-0.1, -0.05) is 28.1 Å². The van der Waals surface area contributed by atoms with Gasteiger partial charge in [0.15, 0.2) is 0 Å². The lowest BCUT2D eigenvalue weighted by Crippen LogP contribution is -2.12. The molecule has 0 saturated heterocycles. The lowest BCUT2D eigenvalue weighted by atomic mass is 10.1. The van der Waals surface area contributed by atoms with Crippen molar-refractivity contribution < 1.29 is 19.6 Å². The van der Waals surface area contributed by atoms with Crippen LogP contribution < -0.4 is 5.32 Å². The molecule has 0 saturated carbocycles. The molecule has 0 fully saturated rings. The Morgan fingerprint density at radius 3 is 2.62 bits per heavy atom. The number of carbonyl (C=O) groups is 2. The molecule has 2 rings (SSSR count). The highest BCUT2D eigenvalue weighted by atomic mass is 79.9. The summed E-state index contributed by atoms with van der Waals surface area (Å²) in [6, 6.07) is 10.2. The Hall–Kier alpha value is -3.00. The first-order chi connectivity index (χ1) is 11.4. The van der Waals surface area contributed by atoms with Crippen LogP contribution in [0, 0.1) is 10.1 Å². The van der Waals surface area contributed by atoms with Crippen molar-refractivity contribution in [1.29, 1.82) is 0 Å². The number of amides is 1. The Bertz CT molecular complexity index is 848. The second-order valence-corrected chi connectivity index (χ2v) is 5.59. The topological polar surface area (TPSA) is 110 Å². The van der Waals surface area contributed by atoms with Crippen LogP contribution in [0.4, 0.5) is 11.4 Å². The lowest BCUT2D eigenvalue weighted by Gasteiger charge is -2.07. The highest BCUT2D eigenvalue weighted by molar-refractivity contribution is 9.10. The van der Waals surface area contributed by atoms with Gasteiger partial charge in [0.25, 0.3) is 5.69 Å². The summed E-state index contributed by atoms with van der Waals surface area (Å²) in [5, 5.41) is 22.3. The third-order valence-corrected chi connectivity index (χ3v) is 3.47. The Kier molecular flexibility index (Phi) is 5.43. The van der Waals surface area contributed by atoms with E-state index in [0.717, 1.165) is 0 Å². The van der Waals surface area contributed by atoms with Gasteiger partial charge >= 0.3 is 5.97 Å². The number of nitrogens with zero attached hydrogens (tertiary/aromatic N) is 1. The van der Waals surface area contributed by atoms with E-state index in [1.165, 1.54) is 42.5 Å². The lowest BCUT2D eigenvalue weighted by molar-refractivity contribution is -0.384. The maximum absolute atomic E-state index is 11.9. The number of nitro benzene ring substituents is 1. The van der Waals surface area contributed by atoms with Gasteiger partial charge < -0.3 is 10.4 Å². The van der Waals surface area contributed by atoms with E-state index in [0.29, 0.717) is 10.0 Å². The van der Waals surface area contributed by atoms with Crippen LogP contribution in [0.2, 0.25) is 0 Å². The average Bonchev–Trinajstić information content (AvgIpc) is 2.54. The maximum atomic E-state index is 11.9. The Morgan fingerprint density at radius 2 is 1.96 bits per heavy atom. The summed E-state index contributed by atoms with van der Waals surface area (Å²) in [6.45, 7) is 0. The molecule has 0 radical (unpaired) electrons. The Balaban J connectivity index is 2.15. The van der Waals surface area contributed by atoms with Crippen molar-refractivity contribution >= 4 is 45.3 Å². The smallest absolute Gasteiger partial charge is 0.337 e. The molecule has 2 aromatic rings. The third kappa shape index (κ3) is 4.50.